The van der Waals surface area contributed by atoms with Gasteiger partial charge >= 0.3 is 0 Å². The van der Waals surface area contributed by atoms with Crippen LogP contribution >= 0.6 is 0 Å². The lowest BCUT2D eigenvalue weighted by atomic mass is 10.0. The fraction of sp³-hybridized carbons (Fsp3) is 0.143. The van der Waals surface area contributed by atoms with Gasteiger partial charge in [-0.25, -0.2) is 4.98 Å². The summed E-state index contributed by atoms with van der Waals surface area (Å²) in [6.07, 6.45) is 5.86. The average molecular weight is 344 g/mol. The van der Waals surface area contributed by atoms with Crippen LogP contribution in [0, 0.1) is 0 Å². The molecule has 1 amide bonds. The molecule has 2 aromatic heterocycles. The van der Waals surface area contributed by atoms with E-state index in [1.807, 2.05) is 78.6 Å². The molecule has 4 rings (SSSR count). The number of para-hydroxylation sites is 1. The van der Waals surface area contributed by atoms with Gasteiger partial charge in [0.2, 0.25) is 5.91 Å². The minimum atomic E-state index is -0.283. The lowest BCUT2D eigenvalue weighted by molar-refractivity contribution is -0.121. The van der Waals surface area contributed by atoms with Crippen LogP contribution in [0.15, 0.2) is 73.2 Å². The molecule has 130 valence electrons. The third-order valence-electron chi connectivity index (χ3n) is 4.58. The van der Waals surface area contributed by atoms with Crippen molar-refractivity contribution < 1.29 is 4.79 Å². The summed E-state index contributed by atoms with van der Waals surface area (Å²) < 4.78 is 1.93. The molecule has 1 atom stereocenters. The Morgan fingerprint density at radius 3 is 2.69 bits per heavy atom. The molecule has 0 radical (unpaired) electrons. The Morgan fingerprint density at radius 1 is 1.15 bits per heavy atom. The molecule has 26 heavy (non-hydrogen) atoms. The van der Waals surface area contributed by atoms with Crippen LogP contribution in [-0.4, -0.2) is 20.4 Å². The zero-order valence-electron chi connectivity index (χ0n) is 14.5. The lowest BCUT2D eigenvalue weighted by Gasteiger charge is -2.19. The highest BCUT2D eigenvalue weighted by molar-refractivity contribution is 5.89. The van der Waals surface area contributed by atoms with E-state index in [1.54, 1.807) is 6.20 Å². The van der Waals surface area contributed by atoms with Crippen molar-refractivity contribution in [2.45, 2.75) is 12.5 Å². The predicted octanol–water partition coefficient (Wildman–Crippen LogP) is 3.35. The second-order valence-electron chi connectivity index (χ2n) is 6.34. The monoisotopic (exact) mass is 344 g/mol. The maximum Gasteiger partial charge on any atom is 0.225 e. The Kier molecular flexibility index (Phi) is 4.27. The van der Waals surface area contributed by atoms with E-state index in [0.717, 1.165) is 27.9 Å². The van der Waals surface area contributed by atoms with E-state index in [9.17, 15) is 4.79 Å². The molecule has 5 nitrogen and oxygen atoms in total. The summed E-state index contributed by atoms with van der Waals surface area (Å²) in [5.74, 6) is 0.773. The quantitative estimate of drug-likeness (QED) is 0.583. The lowest BCUT2D eigenvalue weighted by Crippen LogP contribution is -2.32. The summed E-state index contributed by atoms with van der Waals surface area (Å²) in [6.45, 7) is 0. The summed E-state index contributed by atoms with van der Waals surface area (Å²) >= 11 is 0. The van der Waals surface area contributed by atoms with Gasteiger partial charge < -0.3 is 14.9 Å². The van der Waals surface area contributed by atoms with Crippen LogP contribution < -0.4 is 5.32 Å². The number of amides is 1. The first-order valence-electron chi connectivity index (χ1n) is 8.59. The summed E-state index contributed by atoms with van der Waals surface area (Å²) in [4.78, 5) is 20.4. The van der Waals surface area contributed by atoms with E-state index in [2.05, 4.69) is 15.3 Å². The van der Waals surface area contributed by atoms with E-state index >= 15 is 0 Å². The summed E-state index contributed by atoms with van der Waals surface area (Å²) in [5, 5.41) is 4.22. The number of aryl methyl sites for hydroxylation is 1. The third-order valence-corrected chi connectivity index (χ3v) is 4.58. The molecule has 2 aromatic carbocycles. The number of aromatic amines is 1. The molecule has 0 aliphatic carbocycles. The molecule has 0 aliphatic heterocycles. The molecule has 0 bridgehead atoms. The molecular weight excluding hydrogens is 324 g/mol. The van der Waals surface area contributed by atoms with E-state index in [4.69, 9.17) is 0 Å². The Balaban J connectivity index is 1.59. The Hall–Kier alpha value is -3.34. The first-order valence-corrected chi connectivity index (χ1v) is 8.59. The van der Waals surface area contributed by atoms with E-state index < -0.39 is 0 Å². The van der Waals surface area contributed by atoms with Crippen molar-refractivity contribution >= 4 is 16.8 Å². The van der Waals surface area contributed by atoms with Crippen molar-refractivity contribution in [3.05, 3.63) is 90.1 Å². The van der Waals surface area contributed by atoms with E-state index in [-0.39, 0.29) is 11.9 Å². The van der Waals surface area contributed by atoms with Gasteiger partial charge in [-0.05, 0) is 17.2 Å². The van der Waals surface area contributed by atoms with Crippen LogP contribution in [-0.2, 0) is 18.3 Å². The molecule has 5 heteroatoms. The molecule has 0 saturated carbocycles. The number of fused-ring (bicyclic) bond motifs is 1. The number of aromatic nitrogens is 3. The van der Waals surface area contributed by atoms with Gasteiger partial charge in [0, 0.05) is 36.5 Å². The largest absolute Gasteiger partial charge is 0.361 e. The number of imidazole rings is 1. The van der Waals surface area contributed by atoms with Gasteiger partial charge in [-0.15, -0.1) is 0 Å². The summed E-state index contributed by atoms with van der Waals surface area (Å²) in [7, 11) is 1.93. The molecular formula is C21H20N4O. The summed E-state index contributed by atoms with van der Waals surface area (Å²) in [6, 6.07) is 17.6. The van der Waals surface area contributed by atoms with Gasteiger partial charge in [-0.3, -0.25) is 4.79 Å². The Labute approximate surface area is 151 Å². The van der Waals surface area contributed by atoms with Gasteiger partial charge in [0.1, 0.15) is 11.9 Å². The number of benzene rings is 2. The van der Waals surface area contributed by atoms with E-state index in [1.165, 1.54) is 0 Å². The van der Waals surface area contributed by atoms with Crippen molar-refractivity contribution in [1.82, 2.24) is 19.9 Å². The molecule has 2 heterocycles. The van der Waals surface area contributed by atoms with Gasteiger partial charge in [-0.1, -0.05) is 48.5 Å². The molecule has 0 aliphatic rings. The number of nitrogens with one attached hydrogen (secondary N) is 2. The first-order chi connectivity index (χ1) is 12.7. The zero-order chi connectivity index (χ0) is 17.9. The number of hydrogen-bond acceptors (Lipinski definition) is 2. The minimum absolute atomic E-state index is 0.0355. The molecule has 4 aromatic rings. The maximum atomic E-state index is 12.8. The number of carbonyl (C=O) groups is 1. The van der Waals surface area contributed by atoms with Crippen LogP contribution in [0.25, 0.3) is 10.9 Å². The number of H-pyrrole nitrogens is 1. The minimum Gasteiger partial charge on any atom is -0.361 e. The van der Waals surface area contributed by atoms with Crippen LogP contribution in [0.1, 0.15) is 23.0 Å². The van der Waals surface area contributed by atoms with E-state index in [0.29, 0.717) is 6.42 Å². The Bertz CT molecular complexity index is 1030. The fourth-order valence-corrected chi connectivity index (χ4v) is 3.26. The van der Waals surface area contributed by atoms with Crippen molar-refractivity contribution in [2.24, 2.45) is 7.05 Å². The van der Waals surface area contributed by atoms with Crippen molar-refractivity contribution in [3.63, 3.8) is 0 Å². The normalized spacial score (nSPS) is 12.2. The average Bonchev–Trinajstić information content (AvgIpc) is 3.27. The molecule has 0 saturated heterocycles. The highest BCUT2D eigenvalue weighted by Gasteiger charge is 2.21. The maximum absolute atomic E-state index is 12.8. The van der Waals surface area contributed by atoms with Crippen molar-refractivity contribution in [1.29, 1.82) is 0 Å². The van der Waals surface area contributed by atoms with Crippen LogP contribution in [0.3, 0.4) is 0 Å². The number of carbonyl (C=O) groups excluding carboxylic acids is 1. The highest BCUT2D eigenvalue weighted by atomic mass is 16.1. The van der Waals surface area contributed by atoms with Crippen LogP contribution in [0.4, 0.5) is 0 Å². The van der Waals surface area contributed by atoms with Gasteiger partial charge in [0.05, 0.1) is 6.42 Å². The molecule has 2 N–H and O–H groups in total. The topological polar surface area (TPSA) is 62.7 Å². The standard InChI is InChI=1S/C21H20N4O/c1-25-12-11-22-21(25)20(15-7-3-2-4-8-15)24-19(26)13-16-14-23-18-10-6-5-9-17(16)18/h2-12,14,20,23H,13H2,1H3,(H,24,26)/t20-/m1/s1. The van der Waals surface area contributed by atoms with Crippen LogP contribution in [0.5, 0.6) is 0 Å². The smallest absolute Gasteiger partial charge is 0.225 e. The van der Waals surface area contributed by atoms with Gasteiger partial charge in [-0.2, -0.15) is 0 Å². The van der Waals surface area contributed by atoms with Crippen molar-refractivity contribution in [3.8, 4) is 0 Å². The van der Waals surface area contributed by atoms with Gasteiger partial charge in [0.15, 0.2) is 0 Å². The number of nitrogens with zero attached hydrogens (tertiary/aromatic N) is 2. The third kappa shape index (κ3) is 3.11. The second kappa shape index (κ2) is 6.88. The van der Waals surface area contributed by atoms with Gasteiger partial charge in [0.25, 0.3) is 0 Å². The second-order valence-corrected chi connectivity index (χ2v) is 6.34. The number of rotatable bonds is 5. The molecule has 0 unspecified atom stereocenters. The number of hydrogen-bond donors (Lipinski definition) is 2. The molecule has 0 spiro atoms. The summed E-state index contributed by atoms with van der Waals surface area (Å²) in [5.41, 5.74) is 3.04. The highest BCUT2D eigenvalue weighted by Crippen LogP contribution is 2.22. The SMILES string of the molecule is Cn1ccnc1[C@H](NC(=O)Cc1c[nH]c2ccccc12)c1ccccc1. The zero-order valence-corrected chi connectivity index (χ0v) is 14.5. The van der Waals surface area contributed by atoms with Crippen molar-refractivity contribution in [2.75, 3.05) is 0 Å². The first kappa shape index (κ1) is 16.1. The van der Waals surface area contributed by atoms with Crippen LogP contribution in [0.2, 0.25) is 0 Å². The molecule has 0 fully saturated rings. The fourth-order valence-electron chi connectivity index (χ4n) is 3.26. The Morgan fingerprint density at radius 2 is 1.92 bits per heavy atom. The predicted molar refractivity (Wildman–Crippen MR) is 102 cm³/mol.